The number of rotatable bonds is 5. The summed E-state index contributed by atoms with van der Waals surface area (Å²) < 4.78 is 7.68. The first-order valence-electron chi connectivity index (χ1n) is 8.73. The Morgan fingerprint density at radius 1 is 1.04 bits per heavy atom. The fourth-order valence-electron chi connectivity index (χ4n) is 3.50. The molecule has 1 aliphatic rings. The Hall–Kier alpha value is -2.04. The second kappa shape index (κ2) is 7.06. The molecule has 3 aromatic rings. The van der Waals surface area contributed by atoms with Crippen LogP contribution in [-0.4, -0.2) is 34.7 Å². The lowest BCUT2D eigenvalue weighted by molar-refractivity contribution is 0.318. The summed E-state index contributed by atoms with van der Waals surface area (Å²) in [5.74, 6) is 1.96. The van der Waals surface area contributed by atoms with Crippen molar-refractivity contribution in [2.75, 3.05) is 20.2 Å². The van der Waals surface area contributed by atoms with Crippen molar-refractivity contribution in [1.29, 1.82) is 0 Å². The highest BCUT2D eigenvalue weighted by Gasteiger charge is 2.18. The molecule has 130 valence electrons. The monoisotopic (exact) mass is 355 g/mol. The van der Waals surface area contributed by atoms with Crippen LogP contribution in [0.1, 0.15) is 24.2 Å². The smallest absolute Gasteiger partial charge is 0.124 e. The van der Waals surface area contributed by atoms with E-state index in [0.717, 1.165) is 53.8 Å². The van der Waals surface area contributed by atoms with Gasteiger partial charge in [-0.05, 0) is 55.8 Å². The number of hydrogen-bond donors (Lipinski definition) is 0. The third-order valence-electron chi connectivity index (χ3n) is 4.85. The molecule has 1 saturated heterocycles. The average molecular weight is 356 g/mol. The van der Waals surface area contributed by atoms with E-state index in [1.54, 1.807) is 7.11 Å². The summed E-state index contributed by atoms with van der Waals surface area (Å²) >= 11 is 6.03. The molecule has 0 saturated carbocycles. The molecule has 25 heavy (non-hydrogen) atoms. The predicted octanol–water partition coefficient (Wildman–Crippen LogP) is 4.34. The summed E-state index contributed by atoms with van der Waals surface area (Å²) in [5, 5.41) is 0.765. The average Bonchev–Trinajstić information content (AvgIpc) is 3.25. The number of aromatic nitrogens is 2. The Morgan fingerprint density at radius 3 is 2.52 bits per heavy atom. The van der Waals surface area contributed by atoms with E-state index < -0.39 is 0 Å². The van der Waals surface area contributed by atoms with Crippen LogP contribution >= 0.6 is 11.6 Å². The summed E-state index contributed by atoms with van der Waals surface area (Å²) in [5.41, 5.74) is 3.36. The van der Waals surface area contributed by atoms with Gasteiger partial charge < -0.3 is 9.30 Å². The van der Waals surface area contributed by atoms with Crippen molar-refractivity contribution in [3.63, 3.8) is 0 Å². The summed E-state index contributed by atoms with van der Waals surface area (Å²) in [4.78, 5) is 7.40. The Bertz CT molecular complexity index is 867. The molecule has 1 aliphatic heterocycles. The fraction of sp³-hybridized carbons (Fsp3) is 0.350. The highest BCUT2D eigenvalue weighted by molar-refractivity contribution is 6.30. The van der Waals surface area contributed by atoms with Gasteiger partial charge in [0.05, 0.1) is 24.7 Å². The van der Waals surface area contributed by atoms with Gasteiger partial charge in [-0.2, -0.15) is 0 Å². The van der Waals surface area contributed by atoms with E-state index in [4.69, 9.17) is 21.3 Å². The van der Waals surface area contributed by atoms with Gasteiger partial charge in [0.1, 0.15) is 11.6 Å². The normalized spacial score (nSPS) is 15.1. The van der Waals surface area contributed by atoms with E-state index in [1.165, 1.54) is 18.4 Å². The second-order valence-electron chi connectivity index (χ2n) is 6.58. The van der Waals surface area contributed by atoms with E-state index in [0.29, 0.717) is 0 Å². The van der Waals surface area contributed by atoms with Crippen molar-refractivity contribution in [3.05, 3.63) is 58.9 Å². The van der Waals surface area contributed by atoms with Gasteiger partial charge in [-0.3, -0.25) is 4.90 Å². The van der Waals surface area contributed by atoms with Crippen LogP contribution in [-0.2, 0) is 13.1 Å². The zero-order chi connectivity index (χ0) is 17.2. The minimum atomic E-state index is 0.765. The molecule has 4 nitrogen and oxygen atoms in total. The fourth-order valence-corrected chi connectivity index (χ4v) is 3.62. The third-order valence-corrected chi connectivity index (χ3v) is 5.10. The van der Waals surface area contributed by atoms with Crippen LogP contribution in [0, 0.1) is 0 Å². The van der Waals surface area contributed by atoms with E-state index in [1.807, 2.05) is 24.3 Å². The maximum absolute atomic E-state index is 6.03. The van der Waals surface area contributed by atoms with Crippen molar-refractivity contribution in [1.82, 2.24) is 14.5 Å². The van der Waals surface area contributed by atoms with E-state index in [2.05, 4.69) is 27.7 Å². The number of nitrogens with zero attached hydrogens (tertiary/aromatic N) is 3. The maximum atomic E-state index is 6.03. The number of likely N-dealkylation sites (tertiary alicyclic amines) is 1. The van der Waals surface area contributed by atoms with Crippen LogP contribution < -0.4 is 4.74 Å². The SMILES string of the molecule is COc1ccc2c(c1)nc(CN1CCCC1)n2Cc1ccc(Cl)cc1. The Balaban J connectivity index is 1.73. The van der Waals surface area contributed by atoms with Crippen molar-refractivity contribution in [2.45, 2.75) is 25.9 Å². The lowest BCUT2D eigenvalue weighted by Gasteiger charge is -2.16. The number of ether oxygens (including phenoxy) is 1. The zero-order valence-electron chi connectivity index (χ0n) is 14.4. The molecule has 2 heterocycles. The molecule has 0 amide bonds. The number of imidazole rings is 1. The second-order valence-corrected chi connectivity index (χ2v) is 7.01. The molecule has 5 heteroatoms. The maximum Gasteiger partial charge on any atom is 0.124 e. The first kappa shape index (κ1) is 16.4. The molecule has 0 spiro atoms. The predicted molar refractivity (Wildman–Crippen MR) is 101 cm³/mol. The largest absolute Gasteiger partial charge is 0.497 e. The van der Waals surface area contributed by atoms with Gasteiger partial charge in [0.2, 0.25) is 0 Å². The number of methoxy groups -OCH3 is 1. The molecule has 4 rings (SSSR count). The molecule has 2 aromatic carbocycles. The minimum absolute atomic E-state index is 0.765. The highest BCUT2D eigenvalue weighted by Crippen LogP contribution is 2.25. The van der Waals surface area contributed by atoms with E-state index >= 15 is 0 Å². The van der Waals surface area contributed by atoms with Crippen LogP contribution in [0.5, 0.6) is 5.75 Å². The third kappa shape index (κ3) is 3.51. The Kier molecular flexibility index (Phi) is 4.64. The van der Waals surface area contributed by atoms with Gasteiger partial charge in [-0.15, -0.1) is 0 Å². The van der Waals surface area contributed by atoms with Crippen molar-refractivity contribution >= 4 is 22.6 Å². The summed E-state index contributed by atoms with van der Waals surface area (Å²) in [6, 6.07) is 14.2. The Labute approximate surface area is 153 Å². The van der Waals surface area contributed by atoms with E-state index in [-0.39, 0.29) is 0 Å². The first-order chi connectivity index (χ1) is 12.2. The molecule has 1 fully saturated rings. The van der Waals surface area contributed by atoms with Gasteiger partial charge in [-0.1, -0.05) is 23.7 Å². The highest BCUT2D eigenvalue weighted by atomic mass is 35.5. The molecule has 0 atom stereocenters. The summed E-state index contributed by atoms with van der Waals surface area (Å²) in [6.45, 7) is 4.01. The van der Waals surface area contributed by atoms with Crippen molar-refractivity contribution in [3.8, 4) is 5.75 Å². The standard InChI is InChI=1S/C20H22ClN3O/c1-25-17-8-9-19-18(12-17)22-20(14-23-10-2-3-11-23)24(19)13-15-4-6-16(21)7-5-15/h4-9,12H,2-3,10-11,13-14H2,1H3. The topological polar surface area (TPSA) is 30.3 Å². The van der Waals surface area contributed by atoms with Crippen LogP contribution in [0.15, 0.2) is 42.5 Å². The number of hydrogen-bond acceptors (Lipinski definition) is 3. The number of halogens is 1. The number of benzene rings is 2. The number of fused-ring (bicyclic) bond motifs is 1. The summed E-state index contributed by atoms with van der Waals surface area (Å²) in [7, 11) is 1.69. The van der Waals surface area contributed by atoms with Gasteiger partial charge in [0, 0.05) is 17.6 Å². The van der Waals surface area contributed by atoms with E-state index in [9.17, 15) is 0 Å². The molecule has 0 aliphatic carbocycles. The van der Waals surface area contributed by atoms with Crippen LogP contribution in [0.3, 0.4) is 0 Å². The van der Waals surface area contributed by atoms with Crippen LogP contribution in [0.25, 0.3) is 11.0 Å². The minimum Gasteiger partial charge on any atom is -0.497 e. The van der Waals surface area contributed by atoms with Gasteiger partial charge in [0.15, 0.2) is 0 Å². The summed E-state index contributed by atoms with van der Waals surface area (Å²) in [6.07, 6.45) is 2.57. The van der Waals surface area contributed by atoms with Gasteiger partial charge in [-0.25, -0.2) is 4.98 Å². The lowest BCUT2D eigenvalue weighted by Crippen LogP contribution is -2.21. The van der Waals surface area contributed by atoms with Gasteiger partial charge >= 0.3 is 0 Å². The van der Waals surface area contributed by atoms with Crippen LogP contribution in [0.4, 0.5) is 0 Å². The van der Waals surface area contributed by atoms with Crippen molar-refractivity contribution < 1.29 is 4.74 Å². The molecule has 0 radical (unpaired) electrons. The molecule has 0 N–H and O–H groups in total. The molecule has 0 unspecified atom stereocenters. The quantitative estimate of drug-likeness (QED) is 0.682. The van der Waals surface area contributed by atoms with Crippen LogP contribution in [0.2, 0.25) is 5.02 Å². The zero-order valence-corrected chi connectivity index (χ0v) is 15.2. The molecule has 0 bridgehead atoms. The molecule has 1 aromatic heterocycles. The lowest BCUT2D eigenvalue weighted by atomic mass is 10.2. The van der Waals surface area contributed by atoms with Gasteiger partial charge in [0.25, 0.3) is 0 Å². The molecular formula is C20H22ClN3O. The first-order valence-corrected chi connectivity index (χ1v) is 9.11. The molecular weight excluding hydrogens is 334 g/mol. The Morgan fingerprint density at radius 2 is 1.80 bits per heavy atom. The van der Waals surface area contributed by atoms with Crippen molar-refractivity contribution in [2.24, 2.45) is 0 Å².